The Balaban J connectivity index is 0.00000192. The van der Waals surface area contributed by atoms with E-state index >= 15 is 0 Å². The second-order valence-electron chi connectivity index (χ2n) is 6.44. The Morgan fingerprint density at radius 2 is 2.22 bits per heavy atom. The minimum atomic E-state index is -0.524. The van der Waals surface area contributed by atoms with Gasteiger partial charge in [0.15, 0.2) is 0 Å². The quantitative estimate of drug-likeness (QED) is 0.747. The maximum absolute atomic E-state index is 12.4. The van der Waals surface area contributed by atoms with Crippen molar-refractivity contribution in [2.24, 2.45) is 0 Å². The van der Waals surface area contributed by atoms with E-state index in [-0.39, 0.29) is 30.8 Å². The molecule has 7 nitrogen and oxygen atoms in total. The van der Waals surface area contributed by atoms with Gasteiger partial charge in [-0.05, 0) is 45.6 Å². The Morgan fingerprint density at radius 3 is 2.87 bits per heavy atom. The van der Waals surface area contributed by atoms with Crippen LogP contribution in [0, 0.1) is 0 Å². The lowest BCUT2D eigenvalue weighted by Crippen LogP contribution is -2.54. The molecular weight excluding hydrogens is 318 g/mol. The lowest BCUT2D eigenvalue weighted by Gasteiger charge is -2.33. The Hall–Kier alpha value is -1.60. The van der Waals surface area contributed by atoms with Crippen molar-refractivity contribution in [1.82, 2.24) is 20.4 Å². The van der Waals surface area contributed by atoms with Crippen molar-refractivity contribution in [3.8, 4) is 0 Å². The van der Waals surface area contributed by atoms with E-state index < -0.39 is 5.54 Å². The second kappa shape index (κ2) is 7.31. The summed E-state index contributed by atoms with van der Waals surface area (Å²) in [6, 6.07) is 0.347. The summed E-state index contributed by atoms with van der Waals surface area (Å²) in [5.74, 6) is -0.0847. The zero-order valence-corrected chi connectivity index (χ0v) is 14.1. The smallest absolute Gasteiger partial charge is 0.244 e. The number of nitrogens with zero attached hydrogens (tertiary/aromatic N) is 2. The van der Waals surface area contributed by atoms with Crippen LogP contribution in [0.2, 0.25) is 0 Å². The maximum atomic E-state index is 12.4. The van der Waals surface area contributed by atoms with E-state index in [2.05, 4.69) is 21.0 Å². The van der Waals surface area contributed by atoms with Gasteiger partial charge in [0.25, 0.3) is 0 Å². The van der Waals surface area contributed by atoms with Crippen molar-refractivity contribution in [3.05, 3.63) is 12.4 Å². The maximum Gasteiger partial charge on any atom is 0.244 e. The number of nitrogens with one attached hydrogen (secondary N) is 3. The second-order valence-corrected chi connectivity index (χ2v) is 6.44. The van der Waals surface area contributed by atoms with Crippen LogP contribution in [0.5, 0.6) is 0 Å². The predicted molar refractivity (Wildman–Crippen MR) is 89.5 cm³/mol. The minimum absolute atomic E-state index is 0. The third-order valence-corrected chi connectivity index (χ3v) is 4.26. The van der Waals surface area contributed by atoms with Gasteiger partial charge in [0, 0.05) is 12.2 Å². The molecule has 0 aromatic carbocycles. The van der Waals surface area contributed by atoms with Crippen molar-refractivity contribution in [2.75, 3.05) is 11.9 Å². The van der Waals surface area contributed by atoms with Crippen LogP contribution in [0.15, 0.2) is 12.4 Å². The van der Waals surface area contributed by atoms with E-state index in [0.717, 1.165) is 38.6 Å². The van der Waals surface area contributed by atoms with Crippen LogP contribution in [-0.2, 0) is 16.1 Å². The lowest BCUT2D eigenvalue weighted by molar-refractivity contribution is -0.123. The van der Waals surface area contributed by atoms with E-state index in [4.69, 9.17) is 0 Å². The molecule has 1 saturated carbocycles. The summed E-state index contributed by atoms with van der Waals surface area (Å²) in [4.78, 5) is 24.1. The van der Waals surface area contributed by atoms with Crippen molar-refractivity contribution >= 4 is 29.9 Å². The molecular formula is C15H24ClN5O2. The minimum Gasteiger partial charge on any atom is -0.352 e. The zero-order valence-electron chi connectivity index (χ0n) is 13.3. The highest BCUT2D eigenvalue weighted by Gasteiger charge is 2.34. The fourth-order valence-corrected chi connectivity index (χ4v) is 2.68. The molecule has 8 heteroatoms. The number of hydrogen-bond donors (Lipinski definition) is 3. The largest absolute Gasteiger partial charge is 0.352 e. The van der Waals surface area contributed by atoms with Crippen LogP contribution >= 0.6 is 12.4 Å². The standard InChI is InChI=1S/C15H23N5O2.ClH/c1-15(6-2-3-7-16-15)14(22)19-12-8-17-20(9-12)10-13(21)18-11-4-5-11;/h8-9,11,16H,2-7,10H2,1H3,(H,18,21)(H,19,22);1H. The van der Waals surface area contributed by atoms with Crippen molar-refractivity contribution in [1.29, 1.82) is 0 Å². The summed E-state index contributed by atoms with van der Waals surface area (Å²) < 4.78 is 1.55. The van der Waals surface area contributed by atoms with E-state index in [1.807, 2.05) is 6.92 Å². The molecule has 1 atom stereocenters. The van der Waals surface area contributed by atoms with Gasteiger partial charge in [-0.3, -0.25) is 14.3 Å². The van der Waals surface area contributed by atoms with Crippen LogP contribution in [0.4, 0.5) is 5.69 Å². The summed E-state index contributed by atoms with van der Waals surface area (Å²) in [6.07, 6.45) is 8.39. The third-order valence-electron chi connectivity index (χ3n) is 4.26. The molecule has 1 saturated heterocycles. The molecule has 3 rings (SSSR count). The van der Waals surface area contributed by atoms with E-state index in [1.165, 1.54) is 0 Å². The van der Waals surface area contributed by atoms with Gasteiger partial charge in [0.1, 0.15) is 6.54 Å². The topological polar surface area (TPSA) is 88.0 Å². The number of carbonyl (C=O) groups excluding carboxylic acids is 2. The van der Waals surface area contributed by atoms with Gasteiger partial charge in [-0.1, -0.05) is 0 Å². The number of halogens is 1. The Labute approximate surface area is 142 Å². The number of amides is 2. The van der Waals surface area contributed by atoms with E-state index in [9.17, 15) is 9.59 Å². The first kappa shape index (κ1) is 17.7. The van der Waals surface area contributed by atoms with Crippen LogP contribution in [0.3, 0.4) is 0 Å². The number of aromatic nitrogens is 2. The predicted octanol–water partition coefficient (Wildman–Crippen LogP) is 1.05. The van der Waals surface area contributed by atoms with Gasteiger partial charge in [-0.15, -0.1) is 12.4 Å². The first-order valence-electron chi connectivity index (χ1n) is 7.93. The van der Waals surface area contributed by atoms with Crippen molar-refractivity contribution < 1.29 is 9.59 Å². The first-order chi connectivity index (χ1) is 10.5. The molecule has 1 aliphatic carbocycles. The molecule has 1 unspecified atom stereocenters. The SMILES string of the molecule is CC1(C(=O)Nc2cnn(CC(=O)NC3CC3)c2)CCCCN1.Cl. The average Bonchev–Trinajstić information content (AvgIpc) is 3.18. The highest BCUT2D eigenvalue weighted by Crippen LogP contribution is 2.21. The summed E-state index contributed by atoms with van der Waals surface area (Å²) in [5, 5.41) is 13.2. The number of hydrogen-bond acceptors (Lipinski definition) is 4. The molecule has 23 heavy (non-hydrogen) atoms. The van der Waals surface area contributed by atoms with Gasteiger partial charge >= 0.3 is 0 Å². The number of piperidine rings is 1. The summed E-state index contributed by atoms with van der Waals surface area (Å²) in [7, 11) is 0. The van der Waals surface area contributed by atoms with E-state index in [0.29, 0.717) is 11.7 Å². The molecule has 0 spiro atoms. The first-order valence-corrected chi connectivity index (χ1v) is 7.93. The van der Waals surface area contributed by atoms with E-state index in [1.54, 1.807) is 17.1 Å². The van der Waals surface area contributed by atoms with Crippen LogP contribution in [0.25, 0.3) is 0 Å². The highest BCUT2D eigenvalue weighted by molar-refractivity contribution is 5.97. The monoisotopic (exact) mass is 341 g/mol. The molecule has 1 aromatic heterocycles. The van der Waals surface area contributed by atoms with Gasteiger partial charge in [-0.2, -0.15) is 5.10 Å². The molecule has 2 amide bonds. The van der Waals surface area contributed by atoms with Crippen LogP contribution in [0.1, 0.15) is 39.0 Å². The normalized spacial score (nSPS) is 23.7. The average molecular weight is 342 g/mol. The fraction of sp³-hybridized carbons (Fsp3) is 0.667. The molecule has 0 bridgehead atoms. The van der Waals surface area contributed by atoms with Crippen LogP contribution < -0.4 is 16.0 Å². The number of rotatable bonds is 5. The Morgan fingerprint density at radius 1 is 1.43 bits per heavy atom. The summed E-state index contributed by atoms with van der Waals surface area (Å²) >= 11 is 0. The van der Waals surface area contributed by atoms with Gasteiger partial charge < -0.3 is 16.0 Å². The van der Waals surface area contributed by atoms with Gasteiger partial charge in [-0.25, -0.2) is 0 Å². The molecule has 3 N–H and O–H groups in total. The molecule has 1 aromatic rings. The Bertz CT molecular complexity index is 564. The highest BCUT2D eigenvalue weighted by atomic mass is 35.5. The lowest BCUT2D eigenvalue weighted by atomic mass is 9.90. The van der Waals surface area contributed by atoms with Crippen LogP contribution in [-0.4, -0.2) is 39.7 Å². The number of anilines is 1. The molecule has 2 heterocycles. The zero-order chi connectivity index (χ0) is 15.6. The Kier molecular flexibility index (Phi) is 5.64. The molecule has 1 aliphatic heterocycles. The molecule has 2 fully saturated rings. The summed E-state index contributed by atoms with van der Waals surface area (Å²) in [6.45, 7) is 2.97. The summed E-state index contributed by atoms with van der Waals surface area (Å²) in [5.41, 5.74) is 0.0989. The fourth-order valence-electron chi connectivity index (χ4n) is 2.68. The van der Waals surface area contributed by atoms with Crippen molar-refractivity contribution in [3.63, 3.8) is 0 Å². The molecule has 2 aliphatic rings. The van der Waals surface area contributed by atoms with Gasteiger partial charge in [0.2, 0.25) is 11.8 Å². The molecule has 0 radical (unpaired) electrons. The number of carbonyl (C=O) groups is 2. The van der Waals surface area contributed by atoms with Crippen molar-refractivity contribution in [2.45, 2.75) is 57.2 Å². The third kappa shape index (κ3) is 4.68. The molecule has 128 valence electrons. The van der Waals surface area contributed by atoms with Gasteiger partial charge in [0.05, 0.1) is 17.4 Å².